The van der Waals surface area contributed by atoms with E-state index in [1.165, 1.54) is 32.1 Å². The summed E-state index contributed by atoms with van der Waals surface area (Å²) in [6, 6.07) is 9.40. The number of nitrogens with zero attached hydrogens (tertiary/aromatic N) is 1. The average Bonchev–Trinajstić information content (AvgIpc) is 2.55. The first-order chi connectivity index (χ1) is 10.3. The molecule has 2 atom stereocenters. The Morgan fingerprint density at radius 3 is 3.00 bits per heavy atom. The molecule has 1 aliphatic rings. The molecule has 0 heterocycles. The van der Waals surface area contributed by atoms with Crippen LogP contribution in [0.3, 0.4) is 0 Å². The number of nitriles is 1. The van der Waals surface area contributed by atoms with Crippen LogP contribution in [0.5, 0.6) is 5.75 Å². The van der Waals surface area contributed by atoms with Crippen molar-refractivity contribution in [3.05, 3.63) is 29.8 Å². The van der Waals surface area contributed by atoms with E-state index in [0.29, 0.717) is 18.3 Å². The van der Waals surface area contributed by atoms with Gasteiger partial charge in [-0.05, 0) is 37.0 Å². The zero-order valence-electron chi connectivity index (χ0n) is 12.9. The second kappa shape index (κ2) is 8.69. The highest BCUT2D eigenvalue weighted by Crippen LogP contribution is 2.28. The Hall–Kier alpha value is -1.53. The summed E-state index contributed by atoms with van der Waals surface area (Å²) in [5.74, 6) is 1.62. The van der Waals surface area contributed by atoms with Gasteiger partial charge in [0.1, 0.15) is 5.75 Å². The molecule has 1 aliphatic carbocycles. The standard InChI is InChI=1S/C18H25NO2/c1-2-15-6-3-8-17(12-15)20-10-5-11-21-18-9-4-7-16(13-18)14-19/h4,7,9,13,15,17H,2-3,5-6,8,10-12H2,1H3. The maximum Gasteiger partial charge on any atom is 0.120 e. The second-order valence-corrected chi connectivity index (χ2v) is 5.78. The molecule has 2 unspecified atom stereocenters. The predicted molar refractivity (Wildman–Crippen MR) is 83.3 cm³/mol. The van der Waals surface area contributed by atoms with Gasteiger partial charge < -0.3 is 9.47 Å². The molecule has 3 nitrogen and oxygen atoms in total. The third-order valence-corrected chi connectivity index (χ3v) is 4.19. The van der Waals surface area contributed by atoms with Crippen LogP contribution < -0.4 is 4.74 Å². The van der Waals surface area contributed by atoms with Crippen molar-refractivity contribution in [2.75, 3.05) is 13.2 Å². The van der Waals surface area contributed by atoms with E-state index in [1.54, 1.807) is 12.1 Å². The molecule has 21 heavy (non-hydrogen) atoms. The van der Waals surface area contributed by atoms with Crippen molar-refractivity contribution in [3.63, 3.8) is 0 Å². The van der Waals surface area contributed by atoms with Crippen LogP contribution in [0.1, 0.15) is 51.0 Å². The molecular weight excluding hydrogens is 262 g/mol. The van der Waals surface area contributed by atoms with Gasteiger partial charge in [0.15, 0.2) is 0 Å². The van der Waals surface area contributed by atoms with E-state index in [1.807, 2.05) is 12.1 Å². The molecule has 1 aromatic carbocycles. The van der Waals surface area contributed by atoms with Gasteiger partial charge in [0, 0.05) is 6.42 Å². The number of benzene rings is 1. The van der Waals surface area contributed by atoms with Crippen LogP contribution in [0.2, 0.25) is 0 Å². The summed E-state index contributed by atoms with van der Waals surface area (Å²) >= 11 is 0. The number of ether oxygens (including phenoxy) is 2. The van der Waals surface area contributed by atoms with E-state index in [0.717, 1.165) is 24.7 Å². The molecule has 1 saturated carbocycles. The van der Waals surface area contributed by atoms with Crippen molar-refractivity contribution in [1.82, 2.24) is 0 Å². The largest absolute Gasteiger partial charge is 0.493 e. The van der Waals surface area contributed by atoms with Gasteiger partial charge in [0.2, 0.25) is 0 Å². The topological polar surface area (TPSA) is 42.2 Å². The Kier molecular flexibility index (Phi) is 6.56. The van der Waals surface area contributed by atoms with Crippen molar-refractivity contribution in [2.24, 2.45) is 5.92 Å². The predicted octanol–water partition coefficient (Wildman–Crippen LogP) is 4.31. The summed E-state index contributed by atoms with van der Waals surface area (Å²) in [5, 5.41) is 8.83. The molecule has 1 aromatic rings. The molecule has 2 rings (SSSR count). The number of hydrogen-bond acceptors (Lipinski definition) is 3. The molecule has 0 saturated heterocycles. The summed E-state index contributed by atoms with van der Waals surface area (Å²) in [7, 11) is 0. The van der Waals surface area contributed by atoms with Crippen molar-refractivity contribution in [3.8, 4) is 11.8 Å². The molecule has 0 radical (unpaired) electrons. The summed E-state index contributed by atoms with van der Waals surface area (Å²) in [6.07, 6.45) is 7.73. The van der Waals surface area contributed by atoms with Gasteiger partial charge in [0.05, 0.1) is 31.0 Å². The maximum absolute atomic E-state index is 8.83. The number of hydrogen-bond donors (Lipinski definition) is 0. The molecule has 114 valence electrons. The van der Waals surface area contributed by atoms with E-state index < -0.39 is 0 Å². The van der Waals surface area contributed by atoms with Gasteiger partial charge in [-0.1, -0.05) is 32.3 Å². The normalized spacial score (nSPS) is 21.7. The third kappa shape index (κ3) is 5.40. The quantitative estimate of drug-likeness (QED) is 0.702. The molecule has 0 aliphatic heterocycles. The summed E-state index contributed by atoms with van der Waals surface area (Å²) < 4.78 is 11.6. The van der Waals surface area contributed by atoms with Gasteiger partial charge in [-0.3, -0.25) is 0 Å². The van der Waals surface area contributed by atoms with Crippen LogP contribution in [0.15, 0.2) is 24.3 Å². The third-order valence-electron chi connectivity index (χ3n) is 4.19. The Morgan fingerprint density at radius 1 is 1.29 bits per heavy atom. The lowest BCUT2D eigenvalue weighted by Gasteiger charge is -2.28. The van der Waals surface area contributed by atoms with Gasteiger partial charge in [-0.25, -0.2) is 0 Å². The fourth-order valence-electron chi connectivity index (χ4n) is 2.92. The zero-order chi connectivity index (χ0) is 14.9. The van der Waals surface area contributed by atoms with E-state index in [9.17, 15) is 0 Å². The zero-order valence-corrected chi connectivity index (χ0v) is 12.9. The lowest BCUT2D eigenvalue weighted by molar-refractivity contribution is 0.00767. The lowest BCUT2D eigenvalue weighted by atomic mass is 9.85. The molecule has 0 bridgehead atoms. The van der Waals surface area contributed by atoms with Gasteiger partial charge >= 0.3 is 0 Å². The highest BCUT2D eigenvalue weighted by atomic mass is 16.5. The minimum absolute atomic E-state index is 0.450. The van der Waals surface area contributed by atoms with Crippen LogP contribution in [0.25, 0.3) is 0 Å². The van der Waals surface area contributed by atoms with Gasteiger partial charge in [-0.15, -0.1) is 0 Å². The van der Waals surface area contributed by atoms with Crippen molar-refractivity contribution < 1.29 is 9.47 Å². The minimum Gasteiger partial charge on any atom is -0.493 e. The van der Waals surface area contributed by atoms with E-state index in [2.05, 4.69) is 13.0 Å². The fourth-order valence-corrected chi connectivity index (χ4v) is 2.92. The van der Waals surface area contributed by atoms with E-state index in [4.69, 9.17) is 14.7 Å². The van der Waals surface area contributed by atoms with Gasteiger partial charge in [0.25, 0.3) is 0 Å². The van der Waals surface area contributed by atoms with Crippen LogP contribution in [0, 0.1) is 17.2 Å². The highest BCUT2D eigenvalue weighted by molar-refractivity contribution is 5.36. The van der Waals surface area contributed by atoms with Crippen molar-refractivity contribution >= 4 is 0 Å². The fraction of sp³-hybridized carbons (Fsp3) is 0.611. The SMILES string of the molecule is CCC1CCCC(OCCCOc2cccc(C#N)c2)C1. The Morgan fingerprint density at radius 2 is 2.19 bits per heavy atom. The Labute approximate surface area is 127 Å². The first-order valence-corrected chi connectivity index (χ1v) is 8.06. The van der Waals surface area contributed by atoms with Crippen LogP contribution in [-0.2, 0) is 4.74 Å². The number of rotatable bonds is 7. The average molecular weight is 287 g/mol. The van der Waals surface area contributed by atoms with Crippen LogP contribution in [-0.4, -0.2) is 19.3 Å². The highest BCUT2D eigenvalue weighted by Gasteiger charge is 2.20. The molecular formula is C18H25NO2. The van der Waals surface area contributed by atoms with E-state index in [-0.39, 0.29) is 0 Å². The molecule has 0 N–H and O–H groups in total. The van der Waals surface area contributed by atoms with Crippen LogP contribution in [0.4, 0.5) is 0 Å². The summed E-state index contributed by atoms with van der Waals surface area (Å²) in [5.41, 5.74) is 0.636. The van der Waals surface area contributed by atoms with Gasteiger partial charge in [-0.2, -0.15) is 5.26 Å². The lowest BCUT2D eigenvalue weighted by Crippen LogP contribution is -2.23. The summed E-state index contributed by atoms with van der Waals surface area (Å²) in [6.45, 7) is 3.67. The maximum atomic E-state index is 8.83. The first kappa shape index (κ1) is 15.9. The second-order valence-electron chi connectivity index (χ2n) is 5.78. The van der Waals surface area contributed by atoms with Crippen molar-refractivity contribution in [2.45, 2.75) is 51.6 Å². The van der Waals surface area contributed by atoms with Crippen LogP contribution >= 0.6 is 0 Å². The molecule has 0 amide bonds. The first-order valence-electron chi connectivity index (χ1n) is 8.06. The van der Waals surface area contributed by atoms with Crippen molar-refractivity contribution in [1.29, 1.82) is 5.26 Å². The Balaban J connectivity index is 1.60. The van der Waals surface area contributed by atoms with E-state index >= 15 is 0 Å². The minimum atomic E-state index is 0.450. The molecule has 1 fully saturated rings. The molecule has 0 aromatic heterocycles. The Bertz CT molecular complexity index is 467. The monoisotopic (exact) mass is 287 g/mol. The molecule has 3 heteroatoms. The summed E-state index contributed by atoms with van der Waals surface area (Å²) in [4.78, 5) is 0. The molecule has 0 spiro atoms. The smallest absolute Gasteiger partial charge is 0.120 e.